The van der Waals surface area contributed by atoms with E-state index in [4.69, 9.17) is 0 Å². The first-order valence-corrected chi connectivity index (χ1v) is 14.1. The van der Waals surface area contributed by atoms with E-state index in [9.17, 15) is 18.4 Å². The summed E-state index contributed by atoms with van der Waals surface area (Å²) < 4.78 is 30.7. The quantitative estimate of drug-likeness (QED) is 0.170. The number of hydrogen-bond acceptors (Lipinski definition) is 5. The van der Waals surface area contributed by atoms with Crippen LogP contribution >= 0.6 is 11.3 Å². The van der Waals surface area contributed by atoms with Crippen LogP contribution in [-0.2, 0) is 31.2 Å². The average molecular weight is 578 g/mol. The molecule has 0 bridgehead atoms. The second-order valence-corrected chi connectivity index (χ2v) is 11.5. The lowest BCUT2D eigenvalue weighted by atomic mass is 9.78. The lowest BCUT2D eigenvalue weighted by Crippen LogP contribution is -2.39. The number of thiazole rings is 1. The molecule has 2 aromatic heterocycles. The predicted molar refractivity (Wildman–Crippen MR) is 153 cm³/mol. The Hall–Kier alpha value is -4.25. The molecule has 1 unspecified atom stereocenters. The summed E-state index contributed by atoms with van der Waals surface area (Å²) in [6.45, 7) is 5.97. The highest BCUT2D eigenvalue weighted by molar-refractivity contribution is 7.15. The molecule has 5 rings (SSSR count). The minimum atomic E-state index is -0.608. The molecule has 2 amide bonds. The Balaban J connectivity index is 1.37. The van der Waals surface area contributed by atoms with Crippen LogP contribution < -0.4 is 15.2 Å². The van der Waals surface area contributed by atoms with Gasteiger partial charge in [-0.15, -0.1) is 11.7 Å². The Kier molecular flexibility index (Phi) is 8.07. The number of aromatic nitrogens is 4. The zero-order chi connectivity index (χ0) is 29.1. The maximum atomic E-state index is 13.9. The fourth-order valence-corrected chi connectivity index (χ4v) is 6.16. The molecule has 0 radical (unpaired) electrons. The summed E-state index contributed by atoms with van der Waals surface area (Å²) >= 11 is 1.53. The van der Waals surface area contributed by atoms with Crippen molar-refractivity contribution in [3.8, 4) is 22.8 Å². The minimum Gasteiger partial charge on any atom is -0.315 e. The van der Waals surface area contributed by atoms with Crippen LogP contribution in [0, 0.1) is 17.0 Å². The van der Waals surface area contributed by atoms with E-state index in [-0.39, 0.29) is 30.0 Å². The van der Waals surface area contributed by atoms with Crippen molar-refractivity contribution in [2.24, 2.45) is 12.5 Å². The highest BCUT2D eigenvalue weighted by Gasteiger charge is 2.38. The van der Waals surface area contributed by atoms with Crippen molar-refractivity contribution in [1.29, 1.82) is 0 Å². The summed E-state index contributed by atoms with van der Waals surface area (Å²) in [6.07, 6.45) is 4.29. The predicted octanol–water partition coefficient (Wildman–Crippen LogP) is 5.24. The molecule has 212 valence electrons. The monoisotopic (exact) mass is 577 g/mol. The highest BCUT2D eigenvalue weighted by Crippen LogP contribution is 2.38. The van der Waals surface area contributed by atoms with E-state index in [1.165, 1.54) is 35.6 Å². The molecule has 2 aromatic carbocycles. The first kappa shape index (κ1) is 28.3. The number of halogens is 2. The molecule has 4 aromatic rings. The SMILES string of the molecule is C=CCNC(=O)Nc1sc2c([n+]1C)CCC(C)(C(=O)Cn1nc(-c3ccc(F)cc3)nc1-c1ccc(F)cc1)CC2. The molecule has 0 spiro atoms. The molecule has 1 aliphatic rings. The minimum absolute atomic E-state index is 0.00649. The smallest absolute Gasteiger partial charge is 0.315 e. The lowest BCUT2D eigenvalue weighted by molar-refractivity contribution is -0.660. The van der Waals surface area contributed by atoms with Gasteiger partial charge >= 0.3 is 11.2 Å². The molecule has 11 heteroatoms. The molecule has 2 N–H and O–H groups in total. The molecule has 8 nitrogen and oxygen atoms in total. The molecule has 1 atom stereocenters. The topological polar surface area (TPSA) is 92.8 Å². The van der Waals surface area contributed by atoms with Crippen LogP contribution in [0.5, 0.6) is 0 Å². The van der Waals surface area contributed by atoms with Gasteiger partial charge in [0.05, 0.1) is 11.9 Å². The maximum absolute atomic E-state index is 13.9. The van der Waals surface area contributed by atoms with Gasteiger partial charge in [0.1, 0.15) is 23.9 Å². The molecular weight excluding hydrogens is 546 g/mol. The largest absolute Gasteiger partial charge is 0.407 e. The van der Waals surface area contributed by atoms with E-state index in [2.05, 4.69) is 27.3 Å². The Morgan fingerprint density at radius 1 is 1.07 bits per heavy atom. The summed E-state index contributed by atoms with van der Waals surface area (Å²) in [5, 5.41) is 11.0. The molecule has 0 saturated heterocycles. The van der Waals surface area contributed by atoms with Gasteiger partial charge in [0, 0.05) is 29.5 Å². The van der Waals surface area contributed by atoms with Crippen molar-refractivity contribution in [2.45, 2.75) is 39.2 Å². The van der Waals surface area contributed by atoms with Crippen LogP contribution in [-0.4, -0.2) is 33.1 Å². The van der Waals surface area contributed by atoms with Crippen LogP contribution in [0.15, 0.2) is 61.2 Å². The Morgan fingerprint density at radius 2 is 1.71 bits per heavy atom. The zero-order valence-electron chi connectivity index (χ0n) is 22.9. The fraction of sp³-hybridized carbons (Fsp3) is 0.300. The van der Waals surface area contributed by atoms with Crippen LogP contribution in [0.2, 0.25) is 0 Å². The number of carbonyl (C=O) groups is 2. The molecule has 0 fully saturated rings. The number of aryl methyl sites for hydroxylation is 1. The summed E-state index contributed by atoms with van der Waals surface area (Å²) in [4.78, 5) is 31.8. The number of nitrogens with zero attached hydrogens (tertiary/aromatic N) is 4. The number of urea groups is 1. The molecular formula is C30H31F2N6O2S+. The summed E-state index contributed by atoms with van der Waals surface area (Å²) in [5.41, 5.74) is 1.73. The Morgan fingerprint density at radius 3 is 2.37 bits per heavy atom. The first-order chi connectivity index (χ1) is 19.7. The van der Waals surface area contributed by atoms with Gasteiger partial charge in [-0.2, -0.15) is 5.32 Å². The number of benzene rings is 2. The van der Waals surface area contributed by atoms with Crippen molar-refractivity contribution in [3.63, 3.8) is 0 Å². The van der Waals surface area contributed by atoms with E-state index in [1.807, 2.05) is 18.5 Å². The molecule has 1 aliphatic carbocycles. The lowest BCUT2D eigenvalue weighted by Gasteiger charge is -2.26. The number of nitrogens with one attached hydrogen (secondary N) is 2. The van der Waals surface area contributed by atoms with Crippen molar-refractivity contribution in [3.05, 3.63) is 83.4 Å². The Bertz CT molecular complexity index is 1600. The Labute approximate surface area is 240 Å². The number of amides is 2. The van der Waals surface area contributed by atoms with Gasteiger partial charge in [0.15, 0.2) is 17.4 Å². The van der Waals surface area contributed by atoms with E-state index in [0.717, 1.165) is 15.7 Å². The summed E-state index contributed by atoms with van der Waals surface area (Å²) in [6, 6.07) is 11.4. The summed E-state index contributed by atoms with van der Waals surface area (Å²) in [7, 11) is 1.92. The fourth-order valence-electron chi connectivity index (χ4n) is 4.97. The molecule has 0 aliphatic heterocycles. The molecule has 2 heterocycles. The first-order valence-electron chi connectivity index (χ1n) is 13.3. The molecule has 41 heavy (non-hydrogen) atoms. The number of rotatable bonds is 8. The van der Waals surface area contributed by atoms with Crippen molar-refractivity contribution in [2.75, 3.05) is 11.9 Å². The van der Waals surface area contributed by atoms with Crippen LogP contribution in [0.3, 0.4) is 0 Å². The van der Waals surface area contributed by atoms with E-state index >= 15 is 0 Å². The van der Waals surface area contributed by atoms with Gasteiger partial charge in [0.25, 0.3) is 0 Å². The van der Waals surface area contributed by atoms with E-state index in [1.54, 1.807) is 35.0 Å². The van der Waals surface area contributed by atoms with Gasteiger partial charge in [-0.3, -0.25) is 4.79 Å². The normalized spacial score (nSPS) is 16.5. The highest BCUT2D eigenvalue weighted by atomic mass is 32.1. The number of Topliss-reactive ketones (excluding diaryl/α,β-unsaturated/α-hetero) is 1. The number of anilines is 1. The number of fused-ring (bicyclic) bond motifs is 1. The second kappa shape index (κ2) is 11.7. The van der Waals surface area contributed by atoms with Gasteiger partial charge in [-0.1, -0.05) is 24.3 Å². The third-order valence-electron chi connectivity index (χ3n) is 7.54. The number of carbonyl (C=O) groups excluding carboxylic acids is 2. The van der Waals surface area contributed by atoms with Crippen LogP contribution in [0.1, 0.15) is 30.3 Å². The third-order valence-corrected chi connectivity index (χ3v) is 8.79. The second-order valence-electron chi connectivity index (χ2n) is 10.4. The number of hydrogen-bond donors (Lipinski definition) is 2. The summed E-state index contributed by atoms with van der Waals surface area (Å²) in [5.74, 6) is 0.0675. The van der Waals surface area contributed by atoms with Gasteiger partial charge < -0.3 is 5.32 Å². The van der Waals surface area contributed by atoms with Gasteiger partial charge in [-0.25, -0.2) is 27.8 Å². The van der Waals surface area contributed by atoms with Gasteiger partial charge in [0.2, 0.25) is 0 Å². The van der Waals surface area contributed by atoms with E-state index in [0.29, 0.717) is 55.0 Å². The molecule has 0 saturated carbocycles. The third kappa shape index (κ3) is 6.09. The van der Waals surface area contributed by atoms with Crippen molar-refractivity contribution < 1.29 is 22.9 Å². The van der Waals surface area contributed by atoms with Crippen molar-refractivity contribution >= 4 is 28.3 Å². The maximum Gasteiger partial charge on any atom is 0.407 e. The number of ketones is 1. The average Bonchev–Trinajstić information content (AvgIpc) is 3.45. The standard InChI is InChI=1S/C30H30F2N6O2S/c1-4-17-33-28(40)35-29-37(3)23-13-15-30(2,16-14-24(23)41-29)25(39)18-38-27(20-7-11-22(32)12-8-20)34-26(36-38)19-5-9-21(31)10-6-19/h4-12H,1,13-18H2,2-3H3,(H,33,40)/p+1. The van der Waals surface area contributed by atoms with Gasteiger partial charge in [-0.05, 0) is 67.8 Å². The van der Waals surface area contributed by atoms with Crippen LogP contribution in [0.25, 0.3) is 22.8 Å². The zero-order valence-corrected chi connectivity index (χ0v) is 23.7. The van der Waals surface area contributed by atoms with E-state index < -0.39 is 5.41 Å². The van der Waals surface area contributed by atoms with Crippen molar-refractivity contribution in [1.82, 2.24) is 20.1 Å². The van der Waals surface area contributed by atoms with Crippen LogP contribution in [0.4, 0.5) is 18.7 Å².